The predicted molar refractivity (Wildman–Crippen MR) is 189 cm³/mol. The molecule has 0 aliphatic heterocycles. The average molecular weight is 591 g/mol. The third-order valence-corrected chi connectivity index (χ3v) is 9.52. The number of para-hydroxylation sites is 2. The van der Waals surface area contributed by atoms with Gasteiger partial charge < -0.3 is 8.83 Å². The molecule has 0 spiro atoms. The number of hydrogen-bond acceptors (Lipinski definition) is 4. The van der Waals surface area contributed by atoms with Crippen molar-refractivity contribution in [3.63, 3.8) is 0 Å². The van der Waals surface area contributed by atoms with E-state index in [4.69, 9.17) is 18.8 Å². The Morgan fingerprint density at radius 1 is 0.478 bits per heavy atom. The van der Waals surface area contributed by atoms with E-state index in [1.165, 1.54) is 10.8 Å². The molecule has 4 heteroatoms. The second-order valence-corrected chi connectivity index (χ2v) is 12.2. The normalized spacial score (nSPS) is 12.1. The lowest BCUT2D eigenvalue weighted by molar-refractivity contribution is 0.661. The molecule has 0 bridgehead atoms. The van der Waals surface area contributed by atoms with Crippen LogP contribution < -0.4 is 0 Å². The van der Waals surface area contributed by atoms with Gasteiger partial charge >= 0.3 is 0 Å². The maximum Gasteiger partial charge on any atom is 0.144 e. The molecule has 3 heterocycles. The number of fused-ring (bicyclic) bond motifs is 12. The van der Waals surface area contributed by atoms with Crippen molar-refractivity contribution in [3.05, 3.63) is 133 Å². The van der Waals surface area contributed by atoms with E-state index in [0.717, 1.165) is 99.2 Å². The maximum atomic E-state index is 6.75. The number of aromatic nitrogens is 2. The van der Waals surface area contributed by atoms with E-state index in [2.05, 4.69) is 129 Å². The van der Waals surface area contributed by atoms with Crippen molar-refractivity contribution in [1.82, 2.24) is 9.97 Å². The van der Waals surface area contributed by atoms with E-state index in [-0.39, 0.29) is 0 Å². The van der Waals surface area contributed by atoms with Crippen LogP contribution in [-0.4, -0.2) is 9.97 Å². The fraction of sp³-hybridized carbons (Fsp3) is 0.0476. The Kier molecular flexibility index (Phi) is 5.10. The zero-order valence-corrected chi connectivity index (χ0v) is 25.3. The Bertz CT molecular complexity index is 2850. The Balaban J connectivity index is 1.27. The molecule has 0 aliphatic rings. The van der Waals surface area contributed by atoms with Gasteiger partial charge in [0.25, 0.3) is 0 Å². The quantitative estimate of drug-likeness (QED) is 0.188. The summed E-state index contributed by atoms with van der Waals surface area (Å²) in [4.78, 5) is 10.3. The van der Waals surface area contributed by atoms with Crippen LogP contribution in [0.5, 0.6) is 0 Å². The van der Waals surface area contributed by atoms with Crippen LogP contribution in [0, 0.1) is 13.8 Å². The molecule has 7 aromatic carbocycles. The SMILES string of the molecule is Cc1cccc2c1oc1c(-c3cccc(-c4cnc5c6ccccc6c6ccccc6c5n4)c3)c3c(cc12)oc1c(C)cccc13. The second kappa shape index (κ2) is 9.26. The van der Waals surface area contributed by atoms with Crippen LogP contribution in [0.1, 0.15) is 11.1 Å². The molecule has 4 nitrogen and oxygen atoms in total. The summed E-state index contributed by atoms with van der Waals surface area (Å²) in [6, 6.07) is 40.3. The molecule has 0 unspecified atom stereocenters. The maximum absolute atomic E-state index is 6.75. The van der Waals surface area contributed by atoms with Gasteiger partial charge in [-0.15, -0.1) is 0 Å². The number of aryl methyl sites for hydroxylation is 2. The molecule has 0 saturated heterocycles. The summed E-state index contributed by atoms with van der Waals surface area (Å²) >= 11 is 0. The first kappa shape index (κ1) is 25.3. The third-order valence-electron chi connectivity index (χ3n) is 9.52. The first-order valence-electron chi connectivity index (χ1n) is 15.6. The fourth-order valence-corrected chi connectivity index (χ4v) is 7.36. The fourth-order valence-electron chi connectivity index (χ4n) is 7.36. The Morgan fingerprint density at radius 2 is 1.09 bits per heavy atom. The molecular formula is C42H26N2O2. The summed E-state index contributed by atoms with van der Waals surface area (Å²) in [6.07, 6.45) is 1.90. The lowest BCUT2D eigenvalue weighted by atomic mass is 9.94. The summed E-state index contributed by atoms with van der Waals surface area (Å²) in [5, 5.41) is 8.86. The minimum absolute atomic E-state index is 0.826. The van der Waals surface area contributed by atoms with Crippen molar-refractivity contribution in [2.75, 3.05) is 0 Å². The molecular weight excluding hydrogens is 564 g/mol. The highest BCUT2D eigenvalue weighted by Crippen LogP contribution is 2.46. The van der Waals surface area contributed by atoms with Crippen molar-refractivity contribution >= 4 is 76.5 Å². The van der Waals surface area contributed by atoms with Crippen LogP contribution in [0.25, 0.3) is 98.8 Å². The monoisotopic (exact) mass is 590 g/mol. The molecule has 0 saturated carbocycles. The van der Waals surface area contributed by atoms with E-state index in [1.54, 1.807) is 0 Å². The molecule has 0 aliphatic carbocycles. The largest absolute Gasteiger partial charge is 0.456 e. The van der Waals surface area contributed by atoms with Crippen molar-refractivity contribution < 1.29 is 8.83 Å². The molecule has 10 rings (SSSR count). The zero-order valence-electron chi connectivity index (χ0n) is 25.3. The lowest BCUT2D eigenvalue weighted by Gasteiger charge is -2.11. The van der Waals surface area contributed by atoms with E-state index >= 15 is 0 Å². The Labute approximate surface area is 263 Å². The summed E-state index contributed by atoms with van der Waals surface area (Å²) in [6.45, 7) is 4.19. The number of benzene rings is 7. The number of furan rings is 2. The molecule has 0 atom stereocenters. The zero-order chi connectivity index (χ0) is 30.5. The smallest absolute Gasteiger partial charge is 0.144 e. The van der Waals surface area contributed by atoms with E-state index in [1.807, 2.05) is 6.20 Å². The highest BCUT2D eigenvalue weighted by Gasteiger charge is 2.22. The molecule has 46 heavy (non-hydrogen) atoms. The first-order valence-corrected chi connectivity index (χ1v) is 15.6. The highest BCUT2D eigenvalue weighted by molar-refractivity contribution is 6.25. The van der Waals surface area contributed by atoms with Gasteiger partial charge in [-0.2, -0.15) is 0 Å². The van der Waals surface area contributed by atoms with Crippen LogP contribution in [0.3, 0.4) is 0 Å². The summed E-state index contributed by atoms with van der Waals surface area (Å²) < 4.78 is 13.3. The summed E-state index contributed by atoms with van der Waals surface area (Å²) in [5.74, 6) is 0. The van der Waals surface area contributed by atoms with Crippen molar-refractivity contribution in [2.24, 2.45) is 0 Å². The van der Waals surface area contributed by atoms with Crippen molar-refractivity contribution in [2.45, 2.75) is 13.8 Å². The van der Waals surface area contributed by atoms with Crippen molar-refractivity contribution in [1.29, 1.82) is 0 Å². The molecule has 0 fully saturated rings. The van der Waals surface area contributed by atoms with Gasteiger partial charge in [0.2, 0.25) is 0 Å². The minimum Gasteiger partial charge on any atom is -0.456 e. The molecule has 3 aromatic heterocycles. The van der Waals surface area contributed by atoms with Crippen LogP contribution in [0.4, 0.5) is 0 Å². The molecule has 0 amide bonds. The Hall–Kier alpha value is -6.00. The van der Waals surface area contributed by atoms with Crippen LogP contribution in [0.2, 0.25) is 0 Å². The van der Waals surface area contributed by atoms with Crippen LogP contribution in [0.15, 0.2) is 130 Å². The van der Waals surface area contributed by atoms with Gasteiger partial charge in [-0.3, -0.25) is 4.98 Å². The molecule has 0 radical (unpaired) electrons. The lowest BCUT2D eigenvalue weighted by Crippen LogP contribution is -1.92. The van der Waals surface area contributed by atoms with Gasteiger partial charge in [0, 0.05) is 43.4 Å². The van der Waals surface area contributed by atoms with E-state index in [0.29, 0.717) is 0 Å². The molecule has 216 valence electrons. The topological polar surface area (TPSA) is 52.1 Å². The average Bonchev–Trinajstić information content (AvgIpc) is 3.67. The van der Waals surface area contributed by atoms with Gasteiger partial charge in [0.05, 0.1) is 22.9 Å². The van der Waals surface area contributed by atoms with E-state index in [9.17, 15) is 0 Å². The minimum atomic E-state index is 0.826. The second-order valence-electron chi connectivity index (χ2n) is 12.2. The predicted octanol–water partition coefficient (Wildman–Crippen LogP) is 11.7. The van der Waals surface area contributed by atoms with Gasteiger partial charge in [0.1, 0.15) is 22.3 Å². The third kappa shape index (κ3) is 3.44. The standard InChI is InChI=1S/C42H26N2O2/c1-23-10-7-18-31-33-21-35-37(32-19-8-11-24(2)41(32)45-35)36(42(33)46-40(23)31)26-13-9-12-25(20-26)34-22-43-38-29-16-5-3-14-27(29)28-15-4-6-17-30(28)39(38)44-34/h3-22H,1-2H3. The van der Waals surface area contributed by atoms with Crippen LogP contribution in [-0.2, 0) is 0 Å². The number of nitrogens with zero attached hydrogens (tertiary/aromatic N) is 2. The van der Waals surface area contributed by atoms with Gasteiger partial charge in [-0.25, -0.2) is 4.98 Å². The van der Waals surface area contributed by atoms with Gasteiger partial charge in [-0.1, -0.05) is 103 Å². The summed E-state index contributed by atoms with van der Waals surface area (Å²) in [5.41, 5.74) is 11.4. The van der Waals surface area contributed by atoms with Gasteiger partial charge in [-0.05, 0) is 53.4 Å². The number of hydrogen-bond donors (Lipinski definition) is 0. The van der Waals surface area contributed by atoms with E-state index < -0.39 is 0 Å². The first-order chi connectivity index (χ1) is 22.6. The Morgan fingerprint density at radius 3 is 1.85 bits per heavy atom. The molecule has 0 N–H and O–H groups in total. The highest BCUT2D eigenvalue weighted by atomic mass is 16.3. The molecule has 10 aromatic rings. The van der Waals surface area contributed by atoms with Gasteiger partial charge in [0.15, 0.2) is 0 Å². The van der Waals surface area contributed by atoms with Crippen LogP contribution >= 0.6 is 0 Å². The summed E-state index contributed by atoms with van der Waals surface area (Å²) in [7, 11) is 0. The number of rotatable bonds is 2. The van der Waals surface area contributed by atoms with Crippen molar-refractivity contribution in [3.8, 4) is 22.4 Å².